The zero-order chi connectivity index (χ0) is 10.8. The van der Waals surface area contributed by atoms with Crippen molar-refractivity contribution in [3.63, 3.8) is 0 Å². The van der Waals surface area contributed by atoms with Gasteiger partial charge in [-0.2, -0.15) is 0 Å². The Morgan fingerprint density at radius 1 is 1.20 bits per heavy atom. The molecule has 0 aliphatic carbocycles. The van der Waals surface area contributed by atoms with Gasteiger partial charge in [0.1, 0.15) is 0 Å². The van der Waals surface area contributed by atoms with Crippen molar-refractivity contribution in [1.82, 2.24) is 0 Å². The van der Waals surface area contributed by atoms with Crippen LogP contribution in [0.3, 0.4) is 0 Å². The molecule has 0 fully saturated rings. The van der Waals surface area contributed by atoms with Crippen LogP contribution in [0.4, 0.5) is 0 Å². The molecule has 15 heavy (non-hydrogen) atoms. The number of carboxylic acids is 1. The summed E-state index contributed by atoms with van der Waals surface area (Å²) >= 11 is 0. The molecule has 0 aromatic rings. The van der Waals surface area contributed by atoms with Gasteiger partial charge < -0.3 is 11.6 Å². The molecule has 0 amide bonds. The van der Waals surface area contributed by atoms with Crippen molar-refractivity contribution in [2.45, 2.75) is 64.4 Å². The number of hydrogen-bond acceptors (Lipinski definition) is 2. The summed E-state index contributed by atoms with van der Waals surface area (Å²) in [4.78, 5) is 10.2. The normalized spacial score (nSPS) is 11.9. The van der Waals surface area contributed by atoms with Gasteiger partial charge in [-0.05, 0) is 12.8 Å². The molecule has 0 radical (unpaired) electrons. The van der Waals surface area contributed by atoms with Gasteiger partial charge in [-0.1, -0.05) is 39.0 Å². The predicted molar refractivity (Wildman–Crippen MR) is 57.4 cm³/mol. The Morgan fingerprint density at radius 2 is 1.80 bits per heavy atom. The molecular formula is C11H23NaO3. The van der Waals surface area contributed by atoms with Gasteiger partial charge in [0.25, 0.3) is 0 Å². The standard InChI is InChI=1S/C11H22O3.Na.H/c1-2-3-4-5-6-7-10(12)8-9-11(13)14;;/h10,12H,2-9H2,1H3,(H,13,14);;/q;+1;-1. The van der Waals surface area contributed by atoms with Crippen LogP contribution in [0.2, 0.25) is 0 Å². The number of aliphatic carboxylic acids is 1. The largest absolute Gasteiger partial charge is 1.00 e. The van der Waals surface area contributed by atoms with E-state index in [4.69, 9.17) is 5.11 Å². The van der Waals surface area contributed by atoms with Gasteiger partial charge in [-0.15, -0.1) is 0 Å². The summed E-state index contributed by atoms with van der Waals surface area (Å²) in [5.41, 5.74) is 0. The quantitative estimate of drug-likeness (QED) is 0.419. The molecule has 0 aliphatic heterocycles. The summed E-state index contributed by atoms with van der Waals surface area (Å²) in [7, 11) is 0. The van der Waals surface area contributed by atoms with E-state index in [9.17, 15) is 9.90 Å². The van der Waals surface area contributed by atoms with Crippen molar-refractivity contribution >= 4 is 5.97 Å². The maximum absolute atomic E-state index is 10.2. The van der Waals surface area contributed by atoms with Crippen LogP contribution in [0.15, 0.2) is 0 Å². The molecule has 0 saturated carbocycles. The van der Waals surface area contributed by atoms with Gasteiger partial charge in [-0.25, -0.2) is 0 Å². The number of carbonyl (C=O) groups is 1. The van der Waals surface area contributed by atoms with E-state index in [1.54, 1.807) is 0 Å². The molecule has 3 nitrogen and oxygen atoms in total. The third-order valence-electron chi connectivity index (χ3n) is 2.33. The summed E-state index contributed by atoms with van der Waals surface area (Å²) in [5, 5.41) is 17.8. The topological polar surface area (TPSA) is 57.5 Å². The van der Waals surface area contributed by atoms with Crippen molar-refractivity contribution in [3.8, 4) is 0 Å². The number of aliphatic hydroxyl groups excluding tert-OH is 1. The van der Waals surface area contributed by atoms with Crippen LogP contribution in [0.5, 0.6) is 0 Å². The second-order valence-electron chi connectivity index (χ2n) is 3.79. The van der Waals surface area contributed by atoms with Gasteiger partial charge in [0.2, 0.25) is 0 Å². The van der Waals surface area contributed by atoms with E-state index in [2.05, 4.69) is 6.92 Å². The molecular weight excluding hydrogens is 203 g/mol. The van der Waals surface area contributed by atoms with Gasteiger partial charge >= 0.3 is 35.5 Å². The summed E-state index contributed by atoms with van der Waals surface area (Å²) in [6.45, 7) is 2.17. The molecule has 86 valence electrons. The van der Waals surface area contributed by atoms with Crippen LogP contribution in [-0.2, 0) is 4.79 Å². The molecule has 0 aromatic heterocycles. The molecule has 0 saturated heterocycles. The van der Waals surface area contributed by atoms with E-state index >= 15 is 0 Å². The molecule has 0 bridgehead atoms. The zero-order valence-electron chi connectivity index (χ0n) is 11.0. The second kappa shape index (κ2) is 12.5. The Labute approximate surface area is 116 Å². The fourth-order valence-electron chi connectivity index (χ4n) is 1.42. The molecule has 1 unspecified atom stereocenters. The Kier molecular flexibility index (Phi) is 14.8. The first-order valence-electron chi connectivity index (χ1n) is 5.56. The third-order valence-corrected chi connectivity index (χ3v) is 2.33. The van der Waals surface area contributed by atoms with Crippen LogP contribution in [0, 0.1) is 0 Å². The van der Waals surface area contributed by atoms with Crippen molar-refractivity contribution in [3.05, 3.63) is 0 Å². The van der Waals surface area contributed by atoms with Crippen LogP contribution in [0.1, 0.15) is 59.7 Å². The summed E-state index contributed by atoms with van der Waals surface area (Å²) < 4.78 is 0. The minimum absolute atomic E-state index is 0. The first kappa shape index (κ1) is 17.8. The number of rotatable bonds is 9. The Balaban J connectivity index is -0.000000845. The van der Waals surface area contributed by atoms with E-state index in [1.165, 1.54) is 19.3 Å². The van der Waals surface area contributed by atoms with Crippen molar-refractivity contribution in [1.29, 1.82) is 0 Å². The van der Waals surface area contributed by atoms with Crippen LogP contribution < -0.4 is 29.6 Å². The molecule has 2 N–H and O–H groups in total. The Morgan fingerprint density at radius 3 is 2.33 bits per heavy atom. The van der Waals surface area contributed by atoms with E-state index in [1.807, 2.05) is 0 Å². The number of hydrogen-bond donors (Lipinski definition) is 2. The van der Waals surface area contributed by atoms with E-state index in [-0.39, 0.29) is 37.4 Å². The average Bonchev–Trinajstić information content (AvgIpc) is 2.14. The van der Waals surface area contributed by atoms with Crippen molar-refractivity contribution < 1.29 is 46.0 Å². The average molecular weight is 226 g/mol. The summed E-state index contributed by atoms with van der Waals surface area (Å²) in [5.74, 6) is -0.824. The first-order valence-corrected chi connectivity index (χ1v) is 5.56. The van der Waals surface area contributed by atoms with Gasteiger partial charge in [0, 0.05) is 6.42 Å². The number of aliphatic hydroxyl groups is 1. The van der Waals surface area contributed by atoms with Gasteiger partial charge in [-0.3, -0.25) is 4.79 Å². The Hall–Kier alpha value is 0.430. The molecule has 0 aliphatic rings. The molecule has 0 spiro atoms. The molecule has 0 rings (SSSR count). The smallest absolute Gasteiger partial charge is 1.00 e. The Bertz CT molecular complexity index is 156. The van der Waals surface area contributed by atoms with Crippen molar-refractivity contribution in [2.75, 3.05) is 0 Å². The molecule has 0 aromatic carbocycles. The van der Waals surface area contributed by atoms with Crippen LogP contribution in [-0.4, -0.2) is 22.3 Å². The first-order chi connectivity index (χ1) is 6.66. The zero-order valence-corrected chi connectivity index (χ0v) is 12.0. The van der Waals surface area contributed by atoms with Crippen LogP contribution >= 0.6 is 0 Å². The van der Waals surface area contributed by atoms with Gasteiger partial charge in [0.05, 0.1) is 6.10 Å². The number of carboxylic acid groups (broad SMARTS) is 1. The van der Waals surface area contributed by atoms with E-state index in [0.717, 1.165) is 19.3 Å². The van der Waals surface area contributed by atoms with E-state index < -0.39 is 12.1 Å². The fourth-order valence-corrected chi connectivity index (χ4v) is 1.42. The minimum atomic E-state index is -0.824. The minimum Gasteiger partial charge on any atom is -1.00 e. The van der Waals surface area contributed by atoms with Crippen LogP contribution in [0.25, 0.3) is 0 Å². The SMILES string of the molecule is CCCCCCCC(O)CCC(=O)O.[H-].[Na+]. The summed E-state index contributed by atoms with van der Waals surface area (Å²) in [6, 6.07) is 0. The van der Waals surface area contributed by atoms with E-state index in [0.29, 0.717) is 6.42 Å². The second-order valence-corrected chi connectivity index (χ2v) is 3.79. The molecule has 1 atom stereocenters. The summed E-state index contributed by atoms with van der Waals surface area (Å²) in [6.07, 6.45) is 6.66. The van der Waals surface area contributed by atoms with Crippen molar-refractivity contribution in [2.24, 2.45) is 0 Å². The fraction of sp³-hybridized carbons (Fsp3) is 0.909. The van der Waals surface area contributed by atoms with Gasteiger partial charge in [0.15, 0.2) is 0 Å². The molecule has 4 heteroatoms. The molecule has 0 heterocycles. The third kappa shape index (κ3) is 14.4. The predicted octanol–water partition coefficient (Wildman–Crippen LogP) is -0.311. The maximum Gasteiger partial charge on any atom is 1.00 e. The number of unbranched alkanes of at least 4 members (excludes halogenated alkanes) is 4. The monoisotopic (exact) mass is 226 g/mol. The maximum atomic E-state index is 10.2.